The fraction of sp³-hybridized carbons (Fsp3) is 0.217. The lowest BCUT2D eigenvalue weighted by Gasteiger charge is -2.18. The minimum absolute atomic E-state index is 0.0892. The van der Waals surface area contributed by atoms with E-state index in [1.807, 2.05) is 55.6 Å². The highest BCUT2D eigenvalue weighted by Crippen LogP contribution is 2.25. The maximum absolute atomic E-state index is 12.8. The summed E-state index contributed by atoms with van der Waals surface area (Å²) in [5.74, 6) is -0.227. The van der Waals surface area contributed by atoms with Gasteiger partial charge in [0.15, 0.2) is 5.65 Å². The quantitative estimate of drug-likeness (QED) is 0.429. The molecule has 2 atom stereocenters. The predicted octanol–water partition coefficient (Wildman–Crippen LogP) is 4.00. The SMILES string of the molecule is CC[C@H](C)[C@H](N)C(=O)Nc1cccc(-c2ccnc3c(C(=O)c4cccs4)cnn23)c1. The van der Waals surface area contributed by atoms with Gasteiger partial charge in [0.05, 0.1) is 28.4 Å². The van der Waals surface area contributed by atoms with Crippen LogP contribution in [0.3, 0.4) is 0 Å². The molecule has 3 N–H and O–H groups in total. The van der Waals surface area contributed by atoms with Crippen molar-refractivity contribution >= 4 is 34.4 Å². The van der Waals surface area contributed by atoms with Crippen LogP contribution in [0.1, 0.15) is 35.5 Å². The van der Waals surface area contributed by atoms with Gasteiger partial charge < -0.3 is 11.1 Å². The maximum atomic E-state index is 12.8. The zero-order valence-electron chi connectivity index (χ0n) is 17.3. The van der Waals surface area contributed by atoms with E-state index in [2.05, 4.69) is 15.4 Å². The molecular weight excluding hydrogens is 410 g/mol. The normalized spacial score (nSPS) is 13.1. The molecule has 3 aromatic heterocycles. The zero-order chi connectivity index (χ0) is 22.0. The molecule has 158 valence electrons. The van der Waals surface area contributed by atoms with E-state index in [-0.39, 0.29) is 17.6 Å². The molecule has 0 radical (unpaired) electrons. The summed E-state index contributed by atoms with van der Waals surface area (Å²) in [5.41, 5.74) is 9.23. The average molecular weight is 434 g/mol. The Morgan fingerprint density at radius 1 is 1.23 bits per heavy atom. The van der Waals surface area contributed by atoms with Crippen molar-refractivity contribution < 1.29 is 9.59 Å². The van der Waals surface area contributed by atoms with Crippen molar-refractivity contribution in [1.29, 1.82) is 0 Å². The summed E-state index contributed by atoms with van der Waals surface area (Å²) >= 11 is 1.39. The van der Waals surface area contributed by atoms with E-state index >= 15 is 0 Å². The van der Waals surface area contributed by atoms with Crippen LogP contribution in [-0.4, -0.2) is 32.3 Å². The van der Waals surface area contributed by atoms with Gasteiger partial charge in [-0.25, -0.2) is 9.50 Å². The van der Waals surface area contributed by atoms with Gasteiger partial charge in [-0.05, 0) is 35.6 Å². The van der Waals surface area contributed by atoms with Gasteiger partial charge in [0.25, 0.3) is 0 Å². The Labute approximate surface area is 183 Å². The first-order chi connectivity index (χ1) is 15.0. The number of anilines is 1. The van der Waals surface area contributed by atoms with E-state index in [1.165, 1.54) is 11.3 Å². The lowest BCUT2D eigenvalue weighted by Crippen LogP contribution is -2.40. The molecule has 0 aliphatic heterocycles. The highest BCUT2D eigenvalue weighted by atomic mass is 32.1. The van der Waals surface area contributed by atoms with Crippen LogP contribution in [0.25, 0.3) is 16.9 Å². The van der Waals surface area contributed by atoms with E-state index in [4.69, 9.17) is 5.73 Å². The fourth-order valence-corrected chi connectivity index (χ4v) is 3.98. The van der Waals surface area contributed by atoms with Crippen molar-refractivity contribution in [3.05, 3.63) is 70.7 Å². The van der Waals surface area contributed by atoms with Gasteiger partial charge in [-0.15, -0.1) is 11.3 Å². The average Bonchev–Trinajstić information content (AvgIpc) is 3.48. The lowest BCUT2D eigenvalue weighted by atomic mass is 9.99. The molecule has 4 aromatic rings. The molecule has 0 aliphatic rings. The third-order valence-corrected chi connectivity index (χ3v) is 6.25. The van der Waals surface area contributed by atoms with Crippen LogP contribution in [-0.2, 0) is 4.79 Å². The zero-order valence-corrected chi connectivity index (χ0v) is 18.1. The summed E-state index contributed by atoms with van der Waals surface area (Å²) in [7, 11) is 0. The number of benzene rings is 1. The summed E-state index contributed by atoms with van der Waals surface area (Å²) in [6.07, 6.45) is 4.03. The number of carbonyl (C=O) groups excluding carboxylic acids is 2. The van der Waals surface area contributed by atoms with Crippen molar-refractivity contribution in [3.63, 3.8) is 0 Å². The third kappa shape index (κ3) is 4.12. The van der Waals surface area contributed by atoms with Crippen LogP contribution in [0.15, 0.2) is 60.2 Å². The monoisotopic (exact) mass is 433 g/mol. The van der Waals surface area contributed by atoms with Gasteiger partial charge >= 0.3 is 0 Å². The number of fused-ring (bicyclic) bond motifs is 1. The van der Waals surface area contributed by atoms with E-state index in [0.29, 0.717) is 21.8 Å². The number of hydrogen-bond donors (Lipinski definition) is 2. The number of amides is 1. The smallest absolute Gasteiger partial charge is 0.241 e. The van der Waals surface area contributed by atoms with Crippen LogP contribution in [0.2, 0.25) is 0 Å². The van der Waals surface area contributed by atoms with Crippen molar-refractivity contribution in [3.8, 4) is 11.3 Å². The van der Waals surface area contributed by atoms with Crippen molar-refractivity contribution in [2.45, 2.75) is 26.3 Å². The number of ketones is 1. The molecule has 0 bridgehead atoms. The number of carbonyl (C=O) groups is 2. The number of nitrogens with one attached hydrogen (secondary N) is 1. The molecule has 0 spiro atoms. The van der Waals surface area contributed by atoms with Crippen LogP contribution in [0, 0.1) is 5.92 Å². The number of thiophene rings is 1. The molecule has 1 aromatic carbocycles. The molecule has 0 unspecified atom stereocenters. The van der Waals surface area contributed by atoms with Crippen molar-refractivity contribution in [2.75, 3.05) is 5.32 Å². The van der Waals surface area contributed by atoms with E-state index in [0.717, 1.165) is 17.7 Å². The molecule has 3 heterocycles. The number of nitrogens with two attached hydrogens (primary N) is 1. The molecular formula is C23H23N5O2S. The van der Waals surface area contributed by atoms with Crippen molar-refractivity contribution in [1.82, 2.24) is 14.6 Å². The number of aromatic nitrogens is 3. The standard InChI is InChI=1S/C23H23N5O2S/c1-3-14(2)20(24)23(30)27-16-7-4-6-15(12-16)18-9-10-25-22-17(13-26-28(18)22)21(29)19-8-5-11-31-19/h4-14,20H,3,24H2,1-2H3,(H,27,30)/t14-,20-/m0/s1. The van der Waals surface area contributed by atoms with E-state index in [9.17, 15) is 9.59 Å². The summed E-state index contributed by atoms with van der Waals surface area (Å²) in [5, 5.41) is 9.17. The summed E-state index contributed by atoms with van der Waals surface area (Å²) in [4.78, 5) is 30.3. The van der Waals surface area contributed by atoms with Crippen LogP contribution in [0.5, 0.6) is 0 Å². The van der Waals surface area contributed by atoms with E-state index < -0.39 is 6.04 Å². The number of hydrogen-bond acceptors (Lipinski definition) is 6. The number of nitrogens with zero attached hydrogens (tertiary/aromatic N) is 3. The topological polar surface area (TPSA) is 102 Å². The molecule has 1 amide bonds. The second-order valence-electron chi connectivity index (χ2n) is 7.41. The molecule has 8 heteroatoms. The fourth-order valence-electron chi connectivity index (χ4n) is 3.30. The van der Waals surface area contributed by atoms with Gasteiger partial charge in [-0.1, -0.05) is 38.5 Å². The molecule has 0 aliphatic carbocycles. The Balaban J connectivity index is 1.66. The van der Waals surface area contributed by atoms with Gasteiger partial charge in [-0.2, -0.15) is 5.10 Å². The molecule has 0 fully saturated rings. The Hall–Kier alpha value is -3.36. The summed E-state index contributed by atoms with van der Waals surface area (Å²) < 4.78 is 1.65. The van der Waals surface area contributed by atoms with Gasteiger partial charge in [0, 0.05) is 17.4 Å². The summed E-state index contributed by atoms with van der Waals surface area (Å²) in [6, 6.07) is 12.3. The van der Waals surface area contributed by atoms with Gasteiger partial charge in [0.2, 0.25) is 11.7 Å². The predicted molar refractivity (Wildman–Crippen MR) is 122 cm³/mol. The second kappa shape index (κ2) is 8.79. The Kier molecular flexibility index (Phi) is 5.92. The van der Waals surface area contributed by atoms with Gasteiger partial charge in [0.1, 0.15) is 0 Å². The van der Waals surface area contributed by atoms with Crippen molar-refractivity contribution in [2.24, 2.45) is 11.7 Å². The maximum Gasteiger partial charge on any atom is 0.241 e. The Bertz CT molecular complexity index is 1230. The van der Waals surface area contributed by atoms with Crippen LogP contribution < -0.4 is 11.1 Å². The third-order valence-electron chi connectivity index (χ3n) is 5.38. The largest absolute Gasteiger partial charge is 0.325 e. The molecule has 31 heavy (non-hydrogen) atoms. The van der Waals surface area contributed by atoms with Gasteiger partial charge in [-0.3, -0.25) is 9.59 Å². The second-order valence-corrected chi connectivity index (χ2v) is 8.36. The molecule has 0 saturated heterocycles. The first-order valence-electron chi connectivity index (χ1n) is 10.1. The number of rotatable bonds is 7. The highest BCUT2D eigenvalue weighted by molar-refractivity contribution is 7.12. The lowest BCUT2D eigenvalue weighted by molar-refractivity contribution is -0.118. The molecule has 4 rings (SSSR count). The minimum Gasteiger partial charge on any atom is -0.325 e. The highest BCUT2D eigenvalue weighted by Gasteiger charge is 2.20. The first-order valence-corrected chi connectivity index (χ1v) is 11.0. The minimum atomic E-state index is -0.571. The molecule has 7 nitrogen and oxygen atoms in total. The molecule has 0 saturated carbocycles. The van der Waals surface area contributed by atoms with E-state index in [1.54, 1.807) is 23.0 Å². The van der Waals surface area contributed by atoms with Crippen LogP contribution >= 0.6 is 11.3 Å². The summed E-state index contributed by atoms with van der Waals surface area (Å²) in [6.45, 7) is 3.97. The first kappa shape index (κ1) is 20.9. The Morgan fingerprint density at radius 2 is 2.06 bits per heavy atom. The Morgan fingerprint density at radius 3 is 2.81 bits per heavy atom. The van der Waals surface area contributed by atoms with Crippen LogP contribution in [0.4, 0.5) is 5.69 Å².